The van der Waals surface area contributed by atoms with E-state index in [4.69, 9.17) is 14.2 Å². The van der Waals surface area contributed by atoms with Crippen LogP contribution in [0.15, 0.2) is 58.6 Å². The number of Topliss-reactive ketones (excluding diaryl/α,β-unsaturated/α-hetero) is 1. The summed E-state index contributed by atoms with van der Waals surface area (Å²) >= 11 is 0. The standard InChI is InChI=1S/C28H39NO8/c1-15-11-19-26(33)20(14-21(30)27(19)37-7)29-28(34)16(2)9-8-10-22(35-5)24(31)17(3)13-18(4)25(32)23(12-15)36-6/h8-10,13-15,18,22-25,31-32H,11-12H2,1-7H3,(H,29,34)/b10-8-,16-9-,17-13-. The van der Waals surface area contributed by atoms with Crippen LogP contribution in [0.4, 0.5) is 0 Å². The zero-order valence-electron chi connectivity index (χ0n) is 22.6. The first-order valence-corrected chi connectivity index (χ1v) is 12.3. The molecule has 2 aliphatic rings. The zero-order valence-corrected chi connectivity index (χ0v) is 22.6. The summed E-state index contributed by atoms with van der Waals surface area (Å²) in [6.45, 7) is 7.03. The van der Waals surface area contributed by atoms with Crippen LogP contribution in [0, 0.1) is 11.8 Å². The number of carbonyl (C=O) groups is 3. The fourth-order valence-electron chi connectivity index (χ4n) is 4.51. The molecule has 0 fully saturated rings. The maximum atomic E-state index is 13.3. The predicted octanol–water partition coefficient (Wildman–Crippen LogP) is 2.31. The van der Waals surface area contributed by atoms with E-state index in [2.05, 4.69) is 5.32 Å². The van der Waals surface area contributed by atoms with Crippen LogP contribution < -0.4 is 5.32 Å². The third kappa shape index (κ3) is 7.58. The van der Waals surface area contributed by atoms with Crippen LogP contribution >= 0.6 is 0 Å². The van der Waals surface area contributed by atoms with Crippen LogP contribution in [0.3, 0.4) is 0 Å². The summed E-state index contributed by atoms with van der Waals surface area (Å²) in [5, 5.41) is 24.4. The Hall–Kier alpha value is -2.85. The quantitative estimate of drug-likeness (QED) is 0.384. The van der Waals surface area contributed by atoms with Gasteiger partial charge in [-0.3, -0.25) is 14.4 Å². The number of nitrogens with one attached hydrogen (secondary N) is 1. The molecule has 1 heterocycles. The summed E-state index contributed by atoms with van der Waals surface area (Å²) in [5.74, 6) is -2.16. The van der Waals surface area contributed by atoms with Crippen molar-refractivity contribution >= 4 is 17.5 Å². The van der Waals surface area contributed by atoms with Crippen LogP contribution in [-0.2, 0) is 28.6 Å². The highest BCUT2D eigenvalue weighted by Crippen LogP contribution is 2.29. The molecule has 1 amide bonds. The number of amides is 1. The van der Waals surface area contributed by atoms with E-state index in [1.807, 2.05) is 13.8 Å². The Bertz CT molecular complexity index is 1030. The molecule has 9 heteroatoms. The molecule has 0 saturated carbocycles. The number of methoxy groups -OCH3 is 3. The van der Waals surface area contributed by atoms with Gasteiger partial charge in [0.05, 0.1) is 25.0 Å². The summed E-state index contributed by atoms with van der Waals surface area (Å²) in [7, 11) is 4.28. The average Bonchev–Trinajstić information content (AvgIpc) is 2.86. The Kier molecular flexibility index (Phi) is 11.2. The van der Waals surface area contributed by atoms with Gasteiger partial charge in [0.25, 0.3) is 5.91 Å². The second-order valence-electron chi connectivity index (χ2n) is 9.68. The summed E-state index contributed by atoms with van der Waals surface area (Å²) in [6.07, 6.45) is 4.96. The molecule has 0 saturated heterocycles. The summed E-state index contributed by atoms with van der Waals surface area (Å²) in [4.78, 5) is 38.7. The predicted molar refractivity (Wildman–Crippen MR) is 138 cm³/mol. The van der Waals surface area contributed by atoms with E-state index in [1.54, 1.807) is 32.1 Å². The van der Waals surface area contributed by atoms with Gasteiger partial charge in [0, 0.05) is 37.4 Å². The van der Waals surface area contributed by atoms with E-state index in [-0.39, 0.29) is 40.9 Å². The number of ether oxygens (including phenoxy) is 3. The summed E-state index contributed by atoms with van der Waals surface area (Å²) < 4.78 is 16.2. The Morgan fingerprint density at radius 1 is 1.03 bits per heavy atom. The van der Waals surface area contributed by atoms with E-state index in [0.29, 0.717) is 12.0 Å². The first-order valence-electron chi connectivity index (χ1n) is 12.3. The second kappa shape index (κ2) is 13.6. The molecule has 1 aliphatic carbocycles. The second-order valence-corrected chi connectivity index (χ2v) is 9.68. The number of hydrogen-bond acceptors (Lipinski definition) is 8. The van der Waals surface area contributed by atoms with Crippen LogP contribution in [0.25, 0.3) is 0 Å². The molecule has 0 aromatic carbocycles. The van der Waals surface area contributed by atoms with Gasteiger partial charge in [-0.25, -0.2) is 0 Å². The molecule has 0 radical (unpaired) electrons. The number of ketones is 2. The van der Waals surface area contributed by atoms with Crippen LogP contribution in [0.2, 0.25) is 0 Å². The number of carbonyl (C=O) groups excluding carboxylic acids is 3. The van der Waals surface area contributed by atoms with Gasteiger partial charge in [0.15, 0.2) is 5.76 Å². The Balaban J connectivity index is 2.53. The number of aliphatic hydroxyl groups excluding tert-OH is 2. The van der Waals surface area contributed by atoms with Crippen molar-refractivity contribution in [1.29, 1.82) is 0 Å². The van der Waals surface area contributed by atoms with Gasteiger partial charge in [0.1, 0.15) is 12.2 Å². The van der Waals surface area contributed by atoms with Crippen molar-refractivity contribution in [2.75, 3.05) is 21.3 Å². The zero-order chi connectivity index (χ0) is 27.9. The third-order valence-electron chi connectivity index (χ3n) is 6.73. The minimum atomic E-state index is -0.979. The number of fused-ring (bicyclic) bond motifs is 2. The van der Waals surface area contributed by atoms with E-state index in [0.717, 1.165) is 6.08 Å². The first-order chi connectivity index (χ1) is 17.4. The lowest BCUT2D eigenvalue weighted by Crippen LogP contribution is -2.36. The number of hydrogen-bond donors (Lipinski definition) is 3. The highest BCUT2D eigenvalue weighted by Gasteiger charge is 2.33. The van der Waals surface area contributed by atoms with Crippen molar-refractivity contribution < 1.29 is 38.8 Å². The molecular weight excluding hydrogens is 478 g/mol. The lowest BCUT2D eigenvalue weighted by atomic mass is 9.85. The molecule has 0 aromatic heterocycles. The lowest BCUT2D eigenvalue weighted by molar-refractivity contribution is -0.120. The molecular formula is C28H39NO8. The van der Waals surface area contributed by atoms with Crippen LogP contribution in [-0.4, -0.2) is 73.4 Å². The molecule has 6 atom stereocenters. The number of aliphatic hydroxyl groups is 2. The van der Waals surface area contributed by atoms with Gasteiger partial charge in [-0.15, -0.1) is 0 Å². The highest BCUT2D eigenvalue weighted by molar-refractivity contribution is 6.23. The van der Waals surface area contributed by atoms with E-state index in [1.165, 1.54) is 27.4 Å². The third-order valence-corrected chi connectivity index (χ3v) is 6.73. The van der Waals surface area contributed by atoms with Crippen molar-refractivity contribution in [2.24, 2.45) is 11.8 Å². The van der Waals surface area contributed by atoms with Gasteiger partial charge in [-0.2, -0.15) is 0 Å². The van der Waals surface area contributed by atoms with Crippen molar-refractivity contribution in [3.63, 3.8) is 0 Å². The highest BCUT2D eigenvalue weighted by atomic mass is 16.5. The van der Waals surface area contributed by atoms with Crippen molar-refractivity contribution in [2.45, 2.75) is 65.0 Å². The summed E-state index contributed by atoms with van der Waals surface area (Å²) in [6, 6.07) is 0. The van der Waals surface area contributed by atoms with Crippen LogP contribution in [0.1, 0.15) is 40.5 Å². The Labute approximate surface area is 218 Å². The fourth-order valence-corrected chi connectivity index (χ4v) is 4.51. The molecule has 204 valence electrons. The van der Waals surface area contributed by atoms with E-state index < -0.39 is 41.9 Å². The first kappa shape index (κ1) is 30.4. The van der Waals surface area contributed by atoms with Crippen molar-refractivity contribution in [3.8, 4) is 0 Å². The molecule has 2 bridgehead atoms. The van der Waals surface area contributed by atoms with Crippen LogP contribution in [0.5, 0.6) is 0 Å². The molecule has 0 aromatic rings. The minimum Gasteiger partial charge on any atom is -0.492 e. The fraction of sp³-hybridized carbons (Fsp3) is 0.536. The van der Waals surface area contributed by atoms with Gasteiger partial charge < -0.3 is 29.7 Å². The smallest absolute Gasteiger partial charge is 0.251 e. The lowest BCUT2D eigenvalue weighted by Gasteiger charge is -2.29. The van der Waals surface area contributed by atoms with Gasteiger partial charge in [-0.05, 0) is 38.2 Å². The normalized spacial score (nSPS) is 34.6. The molecule has 37 heavy (non-hydrogen) atoms. The van der Waals surface area contributed by atoms with E-state index >= 15 is 0 Å². The molecule has 6 unspecified atom stereocenters. The van der Waals surface area contributed by atoms with Crippen molar-refractivity contribution in [3.05, 3.63) is 58.6 Å². The molecule has 0 spiro atoms. The van der Waals surface area contributed by atoms with Gasteiger partial charge in [0.2, 0.25) is 11.6 Å². The molecule has 3 N–H and O–H groups in total. The SMILES string of the molecule is COC1=C2CC(C)CC(OC)C(O)C(C)/C=C(/C)C(O)C(OC)/C=C\C=C(\C)C(=O)NC(=CC1=O)C2=O. The van der Waals surface area contributed by atoms with Crippen molar-refractivity contribution in [1.82, 2.24) is 5.32 Å². The number of allylic oxidation sites excluding steroid dienone is 4. The number of rotatable bonds is 3. The van der Waals surface area contributed by atoms with Gasteiger partial charge in [-0.1, -0.05) is 38.2 Å². The average molecular weight is 518 g/mol. The maximum absolute atomic E-state index is 13.3. The maximum Gasteiger partial charge on any atom is 0.251 e. The molecule has 2 rings (SSSR count). The van der Waals surface area contributed by atoms with E-state index in [9.17, 15) is 24.6 Å². The minimum absolute atomic E-state index is 0.0584. The Morgan fingerprint density at radius 3 is 2.30 bits per heavy atom. The molecule has 1 aliphatic heterocycles. The monoisotopic (exact) mass is 517 g/mol. The molecule has 9 nitrogen and oxygen atoms in total. The van der Waals surface area contributed by atoms with Gasteiger partial charge >= 0.3 is 0 Å². The topological polar surface area (TPSA) is 131 Å². The Morgan fingerprint density at radius 2 is 1.70 bits per heavy atom. The summed E-state index contributed by atoms with van der Waals surface area (Å²) in [5.41, 5.74) is 0.927. The largest absolute Gasteiger partial charge is 0.492 e.